The summed E-state index contributed by atoms with van der Waals surface area (Å²) in [4.78, 5) is 11.8. The van der Waals surface area contributed by atoms with Gasteiger partial charge in [-0.3, -0.25) is 9.00 Å². The van der Waals surface area contributed by atoms with Crippen molar-refractivity contribution < 1.29 is 9.00 Å². The summed E-state index contributed by atoms with van der Waals surface area (Å²) in [6, 6.07) is 0. The number of carbonyl (C=O) groups is 1. The Morgan fingerprint density at radius 3 is 2.88 bits per heavy atom. The first-order chi connectivity index (χ1) is 7.65. The van der Waals surface area contributed by atoms with Crippen molar-refractivity contribution in [2.24, 2.45) is 0 Å². The highest BCUT2D eigenvalue weighted by Crippen LogP contribution is 2.09. The summed E-state index contributed by atoms with van der Waals surface area (Å²) in [5.74, 6) is -0.194. The van der Waals surface area contributed by atoms with Gasteiger partial charge < -0.3 is 5.32 Å². The van der Waals surface area contributed by atoms with Gasteiger partial charge in [-0.05, 0) is 25.8 Å². The first-order valence-electron chi connectivity index (χ1n) is 5.26. The number of carbonyl (C=O) groups excluding carboxylic acids is 1. The number of amides is 1. The zero-order valence-corrected chi connectivity index (χ0v) is 10.4. The van der Waals surface area contributed by atoms with Crippen molar-refractivity contribution in [2.75, 3.05) is 6.26 Å². The van der Waals surface area contributed by atoms with Crippen LogP contribution in [-0.4, -0.2) is 21.6 Å². The average molecular weight is 239 g/mol. The van der Waals surface area contributed by atoms with Crippen LogP contribution in [0.5, 0.6) is 0 Å². The third kappa shape index (κ3) is 3.77. The lowest BCUT2D eigenvalue weighted by Gasteiger charge is -2.14. The molecule has 0 bridgehead atoms. The Kier molecular flexibility index (Phi) is 5.19. The topological polar surface area (TPSA) is 46.2 Å². The van der Waals surface area contributed by atoms with Crippen LogP contribution in [0, 0.1) is 0 Å². The summed E-state index contributed by atoms with van der Waals surface area (Å²) in [7, 11) is -1.18. The van der Waals surface area contributed by atoms with Crippen molar-refractivity contribution in [3.8, 4) is 0 Å². The molecule has 1 rings (SSSR count). The van der Waals surface area contributed by atoms with Crippen molar-refractivity contribution in [1.29, 1.82) is 0 Å². The zero-order valence-electron chi connectivity index (χ0n) is 9.60. The van der Waals surface area contributed by atoms with Gasteiger partial charge in [0.2, 0.25) is 5.91 Å². The Balaban J connectivity index is 2.65. The maximum absolute atomic E-state index is 11.8. The molecule has 0 aromatic heterocycles. The predicted octanol–water partition coefficient (Wildman–Crippen LogP) is 1.66. The van der Waals surface area contributed by atoms with Crippen LogP contribution in [0.3, 0.4) is 0 Å². The lowest BCUT2D eigenvalue weighted by Crippen LogP contribution is -2.35. The Bertz CT molecular complexity index is 369. The van der Waals surface area contributed by atoms with E-state index in [-0.39, 0.29) is 5.91 Å². The van der Waals surface area contributed by atoms with E-state index in [0.29, 0.717) is 0 Å². The van der Waals surface area contributed by atoms with Crippen LogP contribution in [0.1, 0.15) is 19.8 Å². The molecule has 1 aliphatic rings. The molecular formula is C12H17NO2S. The number of allylic oxidation sites excluding steroid dienone is 5. The molecule has 1 amide bonds. The molecule has 1 aliphatic carbocycles. The average Bonchev–Trinajstić information content (AvgIpc) is 2.26. The molecule has 0 aromatic carbocycles. The molecule has 0 fully saturated rings. The second-order valence-electron chi connectivity index (χ2n) is 3.59. The standard InChI is InChI=1S/C12H17NO2S/c1-3-7-11(16(2)15)12(14)13-10-8-5-4-6-9-10/h3-5,7-8,11H,6,9H2,1-2H3,(H,13,14). The molecule has 3 nitrogen and oxygen atoms in total. The van der Waals surface area contributed by atoms with E-state index in [1.165, 1.54) is 0 Å². The van der Waals surface area contributed by atoms with Crippen molar-refractivity contribution in [2.45, 2.75) is 25.0 Å². The zero-order chi connectivity index (χ0) is 12.0. The van der Waals surface area contributed by atoms with Gasteiger partial charge >= 0.3 is 0 Å². The molecular weight excluding hydrogens is 222 g/mol. The summed E-state index contributed by atoms with van der Waals surface area (Å²) in [6.07, 6.45) is 12.6. The summed E-state index contributed by atoms with van der Waals surface area (Å²) in [5, 5.41) is 2.25. The predicted molar refractivity (Wildman–Crippen MR) is 67.3 cm³/mol. The molecule has 0 spiro atoms. The number of rotatable bonds is 4. The summed E-state index contributed by atoms with van der Waals surface area (Å²) in [5.41, 5.74) is 0.896. The first-order valence-corrected chi connectivity index (χ1v) is 6.89. The van der Waals surface area contributed by atoms with Crippen LogP contribution in [0.15, 0.2) is 36.1 Å². The van der Waals surface area contributed by atoms with Gasteiger partial charge in [0.05, 0.1) is 0 Å². The van der Waals surface area contributed by atoms with Crippen LogP contribution < -0.4 is 5.32 Å². The van der Waals surface area contributed by atoms with E-state index in [4.69, 9.17) is 0 Å². The van der Waals surface area contributed by atoms with Crippen LogP contribution in [0.2, 0.25) is 0 Å². The quantitative estimate of drug-likeness (QED) is 0.758. The second-order valence-corrected chi connectivity index (χ2v) is 5.10. The van der Waals surface area contributed by atoms with Crippen molar-refractivity contribution in [3.63, 3.8) is 0 Å². The molecule has 0 saturated carbocycles. The third-order valence-corrected chi connectivity index (χ3v) is 3.37. The van der Waals surface area contributed by atoms with Gasteiger partial charge in [0, 0.05) is 22.8 Å². The maximum atomic E-state index is 11.8. The Hall–Kier alpha value is -1.16. The lowest BCUT2D eigenvalue weighted by atomic mass is 10.1. The molecule has 0 heterocycles. The first kappa shape index (κ1) is 12.9. The molecule has 0 aromatic rings. The minimum Gasteiger partial charge on any atom is -0.328 e. The van der Waals surface area contributed by atoms with Crippen molar-refractivity contribution in [1.82, 2.24) is 5.32 Å². The Labute approximate surface area is 98.8 Å². The number of hydrogen-bond donors (Lipinski definition) is 1. The van der Waals surface area contributed by atoms with E-state index >= 15 is 0 Å². The monoisotopic (exact) mass is 239 g/mol. The van der Waals surface area contributed by atoms with Gasteiger partial charge in [0.15, 0.2) is 0 Å². The molecule has 16 heavy (non-hydrogen) atoms. The van der Waals surface area contributed by atoms with Gasteiger partial charge in [0.25, 0.3) is 0 Å². The van der Waals surface area contributed by atoms with Gasteiger partial charge in [-0.2, -0.15) is 0 Å². The minimum absolute atomic E-state index is 0.194. The van der Waals surface area contributed by atoms with Crippen molar-refractivity contribution in [3.05, 3.63) is 36.1 Å². The molecule has 0 saturated heterocycles. The maximum Gasteiger partial charge on any atom is 0.243 e. The smallest absolute Gasteiger partial charge is 0.243 e. The Morgan fingerprint density at radius 2 is 2.38 bits per heavy atom. The normalized spacial score (nSPS) is 19.2. The SMILES string of the molecule is CC=CC(C(=O)NC1=CC=CCC1)S(C)=O. The third-order valence-electron chi connectivity index (χ3n) is 2.28. The van der Waals surface area contributed by atoms with Crippen LogP contribution in [0.25, 0.3) is 0 Å². The molecule has 0 aliphatic heterocycles. The van der Waals surface area contributed by atoms with E-state index in [9.17, 15) is 9.00 Å². The second kappa shape index (κ2) is 6.43. The molecule has 88 valence electrons. The molecule has 0 radical (unpaired) electrons. The summed E-state index contributed by atoms with van der Waals surface area (Å²) < 4.78 is 11.4. The van der Waals surface area contributed by atoms with E-state index < -0.39 is 16.0 Å². The van der Waals surface area contributed by atoms with Crippen molar-refractivity contribution >= 4 is 16.7 Å². The minimum atomic E-state index is -1.18. The Morgan fingerprint density at radius 1 is 1.62 bits per heavy atom. The van der Waals surface area contributed by atoms with Gasteiger partial charge in [-0.1, -0.05) is 24.3 Å². The highest BCUT2D eigenvalue weighted by atomic mass is 32.2. The van der Waals surface area contributed by atoms with E-state index in [1.807, 2.05) is 19.1 Å². The molecule has 2 unspecified atom stereocenters. The van der Waals surface area contributed by atoms with Gasteiger partial charge in [-0.25, -0.2) is 0 Å². The lowest BCUT2D eigenvalue weighted by molar-refractivity contribution is -0.119. The highest BCUT2D eigenvalue weighted by Gasteiger charge is 2.19. The van der Waals surface area contributed by atoms with Gasteiger partial charge in [-0.15, -0.1) is 0 Å². The molecule has 2 atom stereocenters. The van der Waals surface area contributed by atoms with Crippen LogP contribution in [0.4, 0.5) is 0 Å². The van der Waals surface area contributed by atoms with E-state index in [2.05, 4.69) is 11.4 Å². The van der Waals surface area contributed by atoms with Crippen LogP contribution in [-0.2, 0) is 15.6 Å². The number of hydrogen-bond acceptors (Lipinski definition) is 2. The largest absolute Gasteiger partial charge is 0.328 e. The summed E-state index contributed by atoms with van der Waals surface area (Å²) in [6.45, 7) is 1.82. The molecule has 4 heteroatoms. The van der Waals surface area contributed by atoms with Gasteiger partial charge in [0.1, 0.15) is 5.25 Å². The fourth-order valence-electron chi connectivity index (χ4n) is 1.46. The van der Waals surface area contributed by atoms with Crippen LogP contribution >= 0.6 is 0 Å². The number of nitrogens with one attached hydrogen (secondary N) is 1. The fraction of sp³-hybridized carbons (Fsp3) is 0.417. The van der Waals surface area contributed by atoms with E-state index in [0.717, 1.165) is 18.5 Å². The highest BCUT2D eigenvalue weighted by molar-refractivity contribution is 7.85. The molecule has 1 N–H and O–H groups in total. The van der Waals surface area contributed by atoms with E-state index in [1.54, 1.807) is 18.4 Å². The summed E-state index contributed by atoms with van der Waals surface area (Å²) >= 11 is 0. The fourth-order valence-corrected chi connectivity index (χ4v) is 2.20.